The summed E-state index contributed by atoms with van der Waals surface area (Å²) in [6.07, 6.45) is -11.7. The lowest BCUT2D eigenvalue weighted by Gasteiger charge is -2.29. The van der Waals surface area contributed by atoms with Crippen molar-refractivity contribution in [3.05, 3.63) is 10.5 Å². The van der Waals surface area contributed by atoms with E-state index in [0.717, 1.165) is 0 Å². The van der Waals surface area contributed by atoms with Gasteiger partial charge in [0.2, 0.25) is 0 Å². The van der Waals surface area contributed by atoms with Crippen LogP contribution >= 0.6 is 15.9 Å². The van der Waals surface area contributed by atoms with Crippen LogP contribution in [0.1, 0.15) is 20.7 Å². The lowest BCUT2D eigenvalue weighted by molar-refractivity contribution is -0.158. The molecule has 0 aromatic carbocycles. The van der Waals surface area contributed by atoms with Gasteiger partial charge < -0.3 is 19.7 Å². The van der Waals surface area contributed by atoms with Gasteiger partial charge in [0, 0.05) is 4.48 Å². The zero-order chi connectivity index (χ0) is 15.1. The van der Waals surface area contributed by atoms with Crippen LogP contribution in [-0.4, -0.2) is 40.3 Å². The van der Waals surface area contributed by atoms with Gasteiger partial charge in [0.05, 0.1) is 6.85 Å². The maximum Gasteiger partial charge on any atom is 0.164 e. The van der Waals surface area contributed by atoms with Crippen molar-refractivity contribution in [2.75, 3.05) is 0 Å². The molecule has 1 aliphatic carbocycles. The van der Waals surface area contributed by atoms with Crippen LogP contribution in [0.5, 0.6) is 0 Å². The normalized spacial score (nSPS) is 72.8. The summed E-state index contributed by atoms with van der Waals surface area (Å²) in [4.78, 5) is 0. The average Bonchev–Trinajstić information content (AvgIpc) is 2.43. The Morgan fingerprint density at radius 2 is 2.21 bits per heavy atom. The summed E-state index contributed by atoms with van der Waals surface area (Å²) in [7, 11) is 0. The van der Waals surface area contributed by atoms with E-state index in [-0.39, 0.29) is 0 Å². The predicted molar refractivity (Wildman–Crippen MR) is 52.8 cm³/mol. The summed E-state index contributed by atoms with van der Waals surface area (Å²) in [5, 5.41) is 19.9. The van der Waals surface area contributed by atoms with Gasteiger partial charge in [-0.15, -0.1) is 0 Å². The first-order valence-corrected chi connectivity index (χ1v) is 4.75. The summed E-state index contributed by atoms with van der Waals surface area (Å²) in [5.41, 5.74) is 0. The standard InChI is InChI=1S/C9H13BrO4/c1-9(2)13-7-4(10)3-5(11)6(12)8(7)14-9/h3,5-8,11-12H,1-2H3/t5-,6-,7-,8+/m1/s1/i3D,5D,6D,7D,8D. The smallest absolute Gasteiger partial charge is 0.164 e. The molecule has 2 rings (SSSR count). The quantitative estimate of drug-likeness (QED) is 0.673. The van der Waals surface area contributed by atoms with Gasteiger partial charge in [-0.05, 0) is 19.9 Å². The first-order chi connectivity index (χ1) is 8.23. The van der Waals surface area contributed by atoms with Crippen molar-refractivity contribution in [2.45, 2.75) is 44.0 Å². The molecule has 14 heavy (non-hydrogen) atoms. The maximum absolute atomic E-state index is 10.1. The van der Waals surface area contributed by atoms with Crippen LogP contribution in [0.2, 0.25) is 0 Å². The number of fused-ring (bicyclic) bond motifs is 1. The number of ether oxygens (including phenoxy) is 2. The molecule has 5 heteroatoms. The van der Waals surface area contributed by atoms with Gasteiger partial charge in [-0.25, -0.2) is 0 Å². The van der Waals surface area contributed by atoms with Crippen molar-refractivity contribution < 1.29 is 26.5 Å². The Labute approximate surface area is 97.7 Å². The van der Waals surface area contributed by atoms with Crippen molar-refractivity contribution in [3.8, 4) is 0 Å². The number of halogens is 1. The molecular weight excluding hydrogens is 252 g/mol. The Bertz CT molecular complexity index is 479. The van der Waals surface area contributed by atoms with E-state index < -0.39 is 40.6 Å². The molecule has 2 N–H and O–H groups in total. The highest BCUT2D eigenvalue weighted by Crippen LogP contribution is 2.39. The zero-order valence-electron chi connectivity index (χ0n) is 12.6. The topological polar surface area (TPSA) is 58.9 Å². The molecule has 4 nitrogen and oxygen atoms in total. The molecule has 0 amide bonds. The Morgan fingerprint density at radius 3 is 2.86 bits per heavy atom. The lowest BCUT2D eigenvalue weighted by atomic mass is 9.96. The van der Waals surface area contributed by atoms with Crippen LogP contribution < -0.4 is 0 Å². The van der Waals surface area contributed by atoms with Crippen molar-refractivity contribution >= 4 is 15.9 Å². The second kappa shape index (κ2) is 3.28. The van der Waals surface area contributed by atoms with Gasteiger partial charge in [-0.2, -0.15) is 0 Å². The molecule has 4 atom stereocenters. The second-order valence-electron chi connectivity index (χ2n) is 3.40. The van der Waals surface area contributed by atoms with E-state index >= 15 is 0 Å². The molecule has 1 heterocycles. The third-order valence-electron chi connectivity index (χ3n) is 1.77. The Hall–Kier alpha value is 0.0600. The number of rotatable bonds is 0. The molecule has 0 aromatic rings. The molecule has 0 radical (unpaired) electrons. The highest BCUT2D eigenvalue weighted by molar-refractivity contribution is 9.11. The fraction of sp³-hybridized carbons (Fsp3) is 0.778. The van der Waals surface area contributed by atoms with E-state index in [1.807, 2.05) is 0 Å². The molecule has 0 bridgehead atoms. The van der Waals surface area contributed by atoms with Gasteiger partial charge in [0.1, 0.15) is 24.3 Å². The fourth-order valence-corrected chi connectivity index (χ4v) is 1.68. The SMILES string of the molecule is [2H]C1=C(Br)[C@@]2([2H])OC(C)(C)O[C@@]2([2H])[C@]([2H])(O)[C@]1([2H])O. The van der Waals surface area contributed by atoms with E-state index in [2.05, 4.69) is 15.9 Å². The molecule has 0 spiro atoms. The third-order valence-corrected chi connectivity index (χ3v) is 2.33. The summed E-state index contributed by atoms with van der Waals surface area (Å²) >= 11 is 2.84. The van der Waals surface area contributed by atoms with Crippen molar-refractivity contribution in [1.29, 1.82) is 0 Å². The molecule has 1 saturated heterocycles. The van der Waals surface area contributed by atoms with E-state index in [0.29, 0.717) is 0 Å². The van der Waals surface area contributed by atoms with E-state index in [1.165, 1.54) is 13.8 Å². The minimum atomic E-state index is -3.29. The van der Waals surface area contributed by atoms with Crippen LogP contribution in [0.25, 0.3) is 0 Å². The number of hydrogen-bond donors (Lipinski definition) is 2. The number of hydrogen-bond acceptors (Lipinski definition) is 4. The first kappa shape index (κ1) is 5.96. The average molecular weight is 270 g/mol. The largest absolute Gasteiger partial charge is 0.387 e. The highest BCUT2D eigenvalue weighted by atomic mass is 79.9. The minimum absolute atomic E-state index is 0.435. The lowest BCUT2D eigenvalue weighted by Crippen LogP contribution is -2.46. The van der Waals surface area contributed by atoms with E-state index in [9.17, 15) is 10.2 Å². The van der Waals surface area contributed by atoms with E-state index in [4.69, 9.17) is 16.3 Å². The van der Waals surface area contributed by atoms with Gasteiger partial charge >= 0.3 is 0 Å². The molecule has 0 unspecified atom stereocenters. The van der Waals surface area contributed by atoms with Gasteiger partial charge in [0.15, 0.2) is 5.79 Å². The summed E-state index contributed by atoms with van der Waals surface area (Å²) in [6, 6.07) is -0.927. The fourth-order valence-electron chi connectivity index (χ4n) is 1.23. The van der Waals surface area contributed by atoms with Crippen molar-refractivity contribution in [3.63, 3.8) is 0 Å². The van der Waals surface area contributed by atoms with Crippen LogP contribution in [0.15, 0.2) is 10.5 Å². The summed E-state index contributed by atoms with van der Waals surface area (Å²) in [5.74, 6) is -1.50. The third kappa shape index (κ3) is 1.63. The predicted octanol–water partition coefficient (Wildman–Crippen LogP) is 0.521. The van der Waals surface area contributed by atoms with Crippen LogP contribution in [0, 0.1) is 0 Å². The zero-order valence-corrected chi connectivity index (χ0v) is 9.17. The molecule has 0 saturated carbocycles. The molecule has 0 aromatic heterocycles. The van der Waals surface area contributed by atoms with Gasteiger partial charge in [0.25, 0.3) is 0 Å². The Morgan fingerprint density at radius 1 is 1.57 bits per heavy atom. The highest BCUT2D eigenvalue weighted by Gasteiger charge is 2.49. The van der Waals surface area contributed by atoms with Crippen LogP contribution in [-0.2, 0) is 9.47 Å². The first-order valence-electron chi connectivity index (χ1n) is 6.45. The van der Waals surface area contributed by atoms with Crippen LogP contribution in [0.3, 0.4) is 0 Å². The molecule has 1 fully saturated rings. The summed E-state index contributed by atoms with van der Waals surface area (Å²) < 4.78 is 48.9. The van der Waals surface area contributed by atoms with Gasteiger partial charge in [-0.1, -0.05) is 15.9 Å². The van der Waals surface area contributed by atoms with Crippen LogP contribution in [0.4, 0.5) is 0 Å². The second-order valence-corrected chi connectivity index (χ2v) is 4.19. The molecule has 80 valence electrons. The Balaban J connectivity index is 2.79. The molecular formula is C9H13BrO4. The maximum atomic E-state index is 10.1. The minimum Gasteiger partial charge on any atom is -0.387 e. The van der Waals surface area contributed by atoms with Crippen molar-refractivity contribution in [1.82, 2.24) is 0 Å². The molecule has 2 aliphatic rings. The van der Waals surface area contributed by atoms with E-state index in [1.54, 1.807) is 0 Å². The van der Waals surface area contributed by atoms with Gasteiger partial charge in [-0.3, -0.25) is 0 Å². The summed E-state index contributed by atoms with van der Waals surface area (Å²) in [6.45, 7) is 2.72. The number of aliphatic hydroxyl groups is 2. The molecule has 1 aliphatic heterocycles. The Kier molecular flexibility index (Phi) is 1.40. The van der Waals surface area contributed by atoms with Crippen molar-refractivity contribution in [2.24, 2.45) is 0 Å². The monoisotopic (exact) mass is 269 g/mol.